The molecule has 8 heteroatoms. The molecule has 3 aromatic rings. The van der Waals surface area contributed by atoms with Crippen molar-refractivity contribution < 1.29 is 33.6 Å². The Morgan fingerprint density at radius 1 is 0.947 bits per heavy atom. The molecule has 0 aliphatic carbocycles. The van der Waals surface area contributed by atoms with Gasteiger partial charge in [-0.25, -0.2) is 0 Å². The Morgan fingerprint density at radius 3 is 2.37 bits per heavy atom. The maximum absolute atomic E-state index is 12.6. The number of nitrogens with one attached hydrogen (secondary N) is 1. The summed E-state index contributed by atoms with van der Waals surface area (Å²) in [5.74, 6) is -0.0680. The lowest BCUT2D eigenvalue weighted by Crippen LogP contribution is -2.67. The van der Waals surface area contributed by atoms with Gasteiger partial charge in [-0.1, -0.05) is 78.9 Å². The monoisotopic (exact) mass is 515 g/mol. The van der Waals surface area contributed by atoms with Gasteiger partial charge in [0.15, 0.2) is 12.1 Å². The number of amides is 1. The van der Waals surface area contributed by atoms with Gasteiger partial charge in [-0.05, 0) is 18.2 Å². The third-order valence-corrected chi connectivity index (χ3v) is 6.44. The quantitative estimate of drug-likeness (QED) is 0.366. The molecular formula is C30H29NO7. The van der Waals surface area contributed by atoms with Crippen LogP contribution in [0.5, 0.6) is 5.75 Å². The number of fused-ring (bicyclic) bond motifs is 1. The Hall–Kier alpha value is -3.82. The number of ketones is 1. The summed E-state index contributed by atoms with van der Waals surface area (Å²) in [6, 6.07) is 24.6. The maximum atomic E-state index is 12.6. The van der Waals surface area contributed by atoms with Crippen LogP contribution in [-0.4, -0.2) is 54.0 Å². The van der Waals surface area contributed by atoms with E-state index in [1.807, 2.05) is 42.5 Å². The van der Waals surface area contributed by atoms with E-state index in [9.17, 15) is 14.7 Å². The highest BCUT2D eigenvalue weighted by molar-refractivity contribution is 6.06. The number of carbonyl (C=O) groups excluding carboxylic acids is 2. The van der Waals surface area contributed by atoms with Gasteiger partial charge in [0.05, 0.1) is 6.61 Å². The van der Waals surface area contributed by atoms with Crippen molar-refractivity contribution in [2.75, 3.05) is 6.61 Å². The minimum atomic E-state index is -1.12. The van der Waals surface area contributed by atoms with Gasteiger partial charge >= 0.3 is 0 Å². The fourth-order valence-corrected chi connectivity index (χ4v) is 4.58. The Balaban J connectivity index is 1.35. The Bertz CT molecular complexity index is 1280. The van der Waals surface area contributed by atoms with E-state index >= 15 is 0 Å². The molecule has 0 bridgehead atoms. The molecule has 8 nitrogen and oxygen atoms in total. The van der Waals surface area contributed by atoms with Crippen LogP contribution in [0.3, 0.4) is 0 Å². The minimum Gasteiger partial charge on any atom is -0.462 e. The first kappa shape index (κ1) is 25.8. The maximum Gasteiger partial charge on any atom is 0.223 e. The third-order valence-electron chi connectivity index (χ3n) is 6.44. The lowest BCUT2D eigenvalue weighted by atomic mass is 9.95. The molecule has 0 saturated carbocycles. The van der Waals surface area contributed by atoms with Gasteiger partial charge < -0.3 is 29.4 Å². The summed E-state index contributed by atoms with van der Waals surface area (Å²) in [5.41, 5.74) is 2.03. The van der Waals surface area contributed by atoms with Crippen LogP contribution in [0.2, 0.25) is 0 Å². The van der Waals surface area contributed by atoms with Crippen LogP contribution in [0.1, 0.15) is 34.7 Å². The molecule has 0 aromatic heterocycles. The highest BCUT2D eigenvalue weighted by atomic mass is 16.7. The zero-order chi connectivity index (χ0) is 26.5. The molecule has 38 heavy (non-hydrogen) atoms. The summed E-state index contributed by atoms with van der Waals surface area (Å²) >= 11 is 0. The molecule has 0 spiro atoms. The fourth-order valence-electron chi connectivity index (χ4n) is 4.58. The van der Waals surface area contributed by atoms with E-state index in [0.717, 1.165) is 5.56 Å². The third kappa shape index (κ3) is 5.84. The van der Waals surface area contributed by atoms with Gasteiger partial charge in [-0.15, -0.1) is 0 Å². The molecular weight excluding hydrogens is 486 g/mol. The van der Waals surface area contributed by atoms with Crippen LogP contribution in [0.4, 0.5) is 0 Å². The standard InChI is InChI=1S/C30H29NO7/c1-19(32)31-26-27(34)28-25(18-35-29(38-28)22-13-6-3-7-14-22)37-30(26)36-24-15-9-8-12-21(24)16-17-23(33)20-10-4-2-5-11-20/h2-17,25-30,34H,18H2,1H3,(H,31,32). The van der Waals surface area contributed by atoms with Gasteiger partial charge in [0, 0.05) is 23.6 Å². The van der Waals surface area contributed by atoms with Crippen LogP contribution in [0.25, 0.3) is 6.08 Å². The summed E-state index contributed by atoms with van der Waals surface area (Å²) in [6.45, 7) is 1.53. The van der Waals surface area contributed by atoms with Crippen LogP contribution < -0.4 is 10.1 Å². The second-order valence-corrected chi connectivity index (χ2v) is 9.16. The lowest BCUT2D eigenvalue weighted by molar-refractivity contribution is -0.333. The number of aliphatic hydroxyl groups is 1. The number of benzene rings is 3. The summed E-state index contributed by atoms with van der Waals surface area (Å²) in [5, 5.41) is 14.0. The molecule has 2 fully saturated rings. The van der Waals surface area contributed by atoms with Crippen molar-refractivity contribution in [1.29, 1.82) is 0 Å². The fraction of sp³-hybridized carbons (Fsp3) is 0.267. The number of para-hydroxylation sites is 1. The van der Waals surface area contributed by atoms with E-state index in [1.165, 1.54) is 13.0 Å². The molecule has 2 saturated heterocycles. The van der Waals surface area contributed by atoms with Crippen LogP contribution in [-0.2, 0) is 19.0 Å². The average molecular weight is 516 g/mol. The molecule has 2 aliphatic heterocycles. The second kappa shape index (κ2) is 11.7. The van der Waals surface area contributed by atoms with Crippen LogP contribution in [0.15, 0.2) is 91.0 Å². The summed E-state index contributed by atoms with van der Waals surface area (Å²) < 4.78 is 24.3. The predicted octanol–water partition coefficient (Wildman–Crippen LogP) is 3.67. The average Bonchev–Trinajstić information content (AvgIpc) is 2.95. The first-order chi connectivity index (χ1) is 18.5. The zero-order valence-corrected chi connectivity index (χ0v) is 20.8. The summed E-state index contributed by atoms with van der Waals surface area (Å²) in [6.07, 6.45) is -1.06. The largest absolute Gasteiger partial charge is 0.462 e. The smallest absolute Gasteiger partial charge is 0.223 e. The van der Waals surface area contributed by atoms with Gasteiger partial charge in [0.1, 0.15) is 30.1 Å². The van der Waals surface area contributed by atoms with Crippen LogP contribution in [0, 0.1) is 0 Å². The molecule has 2 aliphatic rings. The van der Waals surface area contributed by atoms with E-state index in [-0.39, 0.29) is 18.3 Å². The normalized spacial score (nSPS) is 26.9. The topological polar surface area (TPSA) is 103 Å². The highest BCUT2D eigenvalue weighted by Crippen LogP contribution is 2.35. The molecule has 3 aromatic carbocycles. The van der Waals surface area contributed by atoms with Gasteiger partial charge in [0.2, 0.25) is 12.2 Å². The summed E-state index contributed by atoms with van der Waals surface area (Å²) in [4.78, 5) is 24.6. The van der Waals surface area contributed by atoms with Crippen LogP contribution >= 0.6 is 0 Å². The molecule has 6 atom stereocenters. The Morgan fingerprint density at radius 2 is 1.63 bits per heavy atom. The first-order valence-corrected chi connectivity index (χ1v) is 12.5. The SMILES string of the molecule is CC(=O)NC1C(Oc2ccccc2C=CC(=O)c2ccccc2)OC2COC(c3ccccc3)OC2C1O. The highest BCUT2D eigenvalue weighted by Gasteiger charge is 2.50. The number of ether oxygens (including phenoxy) is 4. The minimum absolute atomic E-state index is 0.145. The number of hydrogen-bond donors (Lipinski definition) is 2. The molecule has 5 rings (SSSR count). The van der Waals surface area contributed by atoms with Crippen molar-refractivity contribution in [3.05, 3.63) is 108 Å². The second-order valence-electron chi connectivity index (χ2n) is 9.16. The molecule has 2 heterocycles. The van der Waals surface area contributed by atoms with Gasteiger partial charge in [-0.2, -0.15) is 0 Å². The Labute approximate surface area is 220 Å². The number of aliphatic hydroxyl groups excluding tert-OH is 1. The summed E-state index contributed by atoms with van der Waals surface area (Å²) in [7, 11) is 0. The van der Waals surface area contributed by atoms with Crippen molar-refractivity contribution in [3.63, 3.8) is 0 Å². The van der Waals surface area contributed by atoms with Crippen molar-refractivity contribution in [3.8, 4) is 5.75 Å². The molecule has 1 amide bonds. The van der Waals surface area contributed by atoms with Crippen molar-refractivity contribution in [2.24, 2.45) is 0 Å². The van der Waals surface area contributed by atoms with E-state index in [1.54, 1.807) is 48.5 Å². The van der Waals surface area contributed by atoms with Gasteiger partial charge in [-0.3, -0.25) is 9.59 Å². The number of hydrogen-bond acceptors (Lipinski definition) is 7. The molecule has 0 radical (unpaired) electrons. The number of rotatable bonds is 7. The van der Waals surface area contributed by atoms with Crippen molar-refractivity contribution in [1.82, 2.24) is 5.32 Å². The van der Waals surface area contributed by atoms with E-state index in [4.69, 9.17) is 18.9 Å². The Kier molecular flexibility index (Phi) is 7.95. The molecule has 2 N–H and O–H groups in total. The van der Waals surface area contributed by atoms with E-state index in [0.29, 0.717) is 16.9 Å². The number of carbonyl (C=O) groups is 2. The number of allylic oxidation sites excluding steroid dienone is 1. The lowest BCUT2D eigenvalue weighted by Gasteiger charge is -2.47. The predicted molar refractivity (Wildman–Crippen MR) is 139 cm³/mol. The van der Waals surface area contributed by atoms with Crippen molar-refractivity contribution >= 4 is 17.8 Å². The first-order valence-electron chi connectivity index (χ1n) is 12.5. The van der Waals surface area contributed by atoms with Crippen molar-refractivity contribution in [2.45, 2.75) is 43.9 Å². The van der Waals surface area contributed by atoms with Gasteiger partial charge in [0.25, 0.3) is 0 Å². The molecule has 196 valence electrons. The van der Waals surface area contributed by atoms with E-state index < -0.39 is 36.9 Å². The molecule has 6 unspecified atom stereocenters. The zero-order valence-electron chi connectivity index (χ0n) is 20.8. The van der Waals surface area contributed by atoms with E-state index in [2.05, 4.69) is 5.32 Å².